The van der Waals surface area contributed by atoms with Crippen LogP contribution in [0.3, 0.4) is 0 Å². The van der Waals surface area contributed by atoms with Crippen molar-refractivity contribution in [3.8, 4) is 0 Å². The molecule has 0 unspecified atom stereocenters. The van der Waals surface area contributed by atoms with E-state index in [-0.39, 0.29) is 0 Å². The first kappa shape index (κ1) is 5.01. The first-order valence-electron chi connectivity index (χ1n) is 1.72. The van der Waals surface area contributed by atoms with E-state index in [4.69, 9.17) is 0 Å². The number of hydrogen-bond acceptors (Lipinski definition) is 5. The van der Waals surface area contributed by atoms with Gasteiger partial charge in [0.15, 0.2) is 0 Å². The predicted octanol–water partition coefficient (Wildman–Crippen LogP) is -0.139. The van der Waals surface area contributed by atoms with Crippen molar-refractivity contribution < 1.29 is 24.7 Å². The van der Waals surface area contributed by atoms with Crippen LogP contribution in [0.15, 0.2) is 0 Å². The van der Waals surface area contributed by atoms with Crippen LogP contribution in [0.2, 0.25) is 6.82 Å². The van der Waals surface area contributed by atoms with E-state index in [1.54, 1.807) is 6.82 Å². The summed E-state index contributed by atoms with van der Waals surface area (Å²) < 4.78 is 0. The summed E-state index contributed by atoms with van der Waals surface area (Å²) in [5.74, 6) is 0. The average molecular weight is 106 g/mol. The Bertz CT molecular complexity index is 50.0. The molecule has 1 saturated heterocycles. The van der Waals surface area contributed by atoms with Crippen molar-refractivity contribution in [2.75, 3.05) is 0 Å². The van der Waals surface area contributed by atoms with Gasteiger partial charge in [-0.3, -0.25) is 0 Å². The summed E-state index contributed by atoms with van der Waals surface area (Å²) in [7, 11) is -0.534. The minimum atomic E-state index is -0.534. The second-order valence-electron chi connectivity index (χ2n) is 0.964. The standard InChI is InChI=1S/CH3BO5/c1-2-3-5-7-6-4-2/h1H3. The van der Waals surface area contributed by atoms with Crippen LogP contribution in [0.1, 0.15) is 0 Å². The summed E-state index contributed by atoms with van der Waals surface area (Å²) in [6.45, 7) is 1.59. The molecule has 1 aliphatic rings. The Kier molecular flexibility index (Phi) is 1.61. The monoisotopic (exact) mass is 106 g/mol. The minimum absolute atomic E-state index is 0.534. The second-order valence-corrected chi connectivity index (χ2v) is 0.964. The Labute approximate surface area is 39.9 Å². The summed E-state index contributed by atoms with van der Waals surface area (Å²) in [6, 6.07) is 0. The molecule has 1 aliphatic heterocycles. The van der Waals surface area contributed by atoms with Crippen molar-refractivity contribution in [2.45, 2.75) is 6.82 Å². The molecule has 0 bridgehead atoms. The van der Waals surface area contributed by atoms with Gasteiger partial charge >= 0.3 is 7.12 Å². The molecule has 1 fully saturated rings. The molecule has 1 rings (SSSR count). The van der Waals surface area contributed by atoms with Crippen molar-refractivity contribution >= 4 is 7.12 Å². The minimum Gasteiger partial charge on any atom is -0.229 e. The fourth-order valence-corrected chi connectivity index (χ4v) is 0.170. The highest BCUT2D eigenvalue weighted by atomic mass is 17.8. The van der Waals surface area contributed by atoms with Gasteiger partial charge in [0.2, 0.25) is 0 Å². The van der Waals surface area contributed by atoms with E-state index in [9.17, 15) is 0 Å². The van der Waals surface area contributed by atoms with E-state index in [1.165, 1.54) is 0 Å². The lowest BCUT2D eigenvalue weighted by Gasteiger charge is -2.09. The van der Waals surface area contributed by atoms with Crippen molar-refractivity contribution in [3.63, 3.8) is 0 Å². The Morgan fingerprint density at radius 2 is 1.57 bits per heavy atom. The molecule has 0 aliphatic carbocycles. The molecule has 5 nitrogen and oxygen atoms in total. The lowest BCUT2D eigenvalue weighted by molar-refractivity contribution is -0.709. The molecule has 6 heteroatoms. The third kappa shape index (κ3) is 1.42. The summed E-state index contributed by atoms with van der Waals surface area (Å²) in [6.07, 6.45) is 0. The van der Waals surface area contributed by atoms with Gasteiger partial charge in [0.25, 0.3) is 0 Å². The molecular weight excluding hydrogens is 103 g/mol. The van der Waals surface area contributed by atoms with Crippen LogP contribution in [-0.2, 0) is 24.7 Å². The van der Waals surface area contributed by atoms with Crippen LogP contribution >= 0.6 is 0 Å². The zero-order chi connectivity index (χ0) is 5.11. The van der Waals surface area contributed by atoms with Gasteiger partial charge in [-0.1, -0.05) is 0 Å². The normalized spacial score (nSPS) is 22.7. The Balaban J connectivity index is 2.12. The Morgan fingerprint density at radius 3 is 1.86 bits per heavy atom. The van der Waals surface area contributed by atoms with Crippen molar-refractivity contribution in [1.29, 1.82) is 0 Å². The highest BCUT2D eigenvalue weighted by Crippen LogP contribution is 1.98. The third-order valence-electron chi connectivity index (χ3n) is 0.405. The van der Waals surface area contributed by atoms with Gasteiger partial charge in [0.05, 0.1) is 0 Å². The van der Waals surface area contributed by atoms with Gasteiger partial charge in [-0.15, -0.1) is 0 Å². The molecule has 0 aromatic rings. The van der Waals surface area contributed by atoms with Crippen LogP contribution in [0.5, 0.6) is 0 Å². The maximum absolute atomic E-state index is 4.21. The molecule has 7 heavy (non-hydrogen) atoms. The van der Waals surface area contributed by atoms with E-state index < -0.39 is 7.12 Å². The van der Waals surface area contributed by atoms with Crippen molar-refractivity contribution in [1.82, 2.24) is 0 Å². The highest BCUT2D eigenvalue weighted by molar-refractivity contribution is 6.41. The molecule has 0 aromatic carbocycles. The maximum Gasteiger partial charge on any atom is 0.526 e. The SMILES string of the molecule is CB1OOOOO1. The topological polar surface area (TPSA) is 46.2 Å². The van der Waals surface area contributed by atoms with Gasteiger partial charge in [-0.05, 0) is 21.9 Å². The van der Waals surface area contributed by atoms with Crippen LogP contribution in [0.4, 0.5) is 0 Å². The number of hydrogen-bond donors (Lipinski definition) is 0. The average Bonchev–Trinajstić information content (AvgIpc) is 1.69. The predicted molar refractivity (Wildman–Crippen MR) is 17.0 cm³/mol. The van der Waals surface area contributed by atoms with Crippen LogP contribution in [0, 0.1) is 0 Å². The van der Waals surface area contributed by atoms with Crippen molar-refractivity contribution in [3.05, 3.63) is 0 Å². The van der Waals surface area contributed by atoms with E-state index in [0.717, 1.165) is 0 Å². The molecular formula is CH3BO5. The third-order valence-corrected chi connectivity index (χ3v) is 0.405. The van der Waals surface area contributed by atoms with Gasteiger partial charge in [0, 0.05) is 0 Å². The zero-order valence-electron chi connectivity index (χ0n) is 3.62. The molecule has 0 spiro atoms. The molecule has 0 atom stereocenters. The Morgan fingerprint density at radius 1 is 1.00 bits per heavy atom. The first-order chi connectivity index (χ1) is 3.39. The van der Waals surface area contributed by atoms with Crippen LogP contribution in [0.25, 0.3) is 0 Å². The summed E-state index contributed by atoms with van der Waals surface area (Å²) in [4.78, 5) is 8.42. The molecule has 1 heterocycles. The quantitative estimate of drug-likeness (QED) is 0.317. The van der Waals surface area contributed by atoms with Gasteiger partial charge in [-0.2, -0.15) is 0 Å². The zero-order valence-corrected chi connectivity index (χ0v) is 3.62. The van der Waals surface area contributed by atoms with Crippen LogP contribution in [-0.4, -0.2) is 7.12 Å². The molecule has 0 saturated carbocycles. The maximum atomic E-state index is 4.21. The van der Waals surface area contributed by atoms with E-state index >= 15 is 0 Å². The summed E-state index contributed by atoms with van der Waals surface area (Å²) in [5, 5.41) is 11.4. The van der Waals surface area contributed by atoms with E-state index in [2.05, 4.69) is 24.7 Å². The van der Waals surface area contributed by atoms with E-state index in [1.807, 2.05) is 0 Å². The molecule has 0 radical (unpaired) electrons. The van der Waals surface area contributed by atoms with Crippen LogP contribution < -0.4 is 0 Å². The lowest BCUT2D eigenvalue weighted by atomic mass is 9.98. The fourth-order valence-electron chi connectivity index (χ4n) is 0.170. The largest absolute Gasteiger partial charge is 0.526 e. The first-order valence-corrected chi connectivity index (χ1v) is 1.72. The summed E-state index contributed by atoms with van der Waals surface area (Å²) in [5.41, 5.74) is 0. The fraction of sp³-hybridized carbons (Fsp3) is 1.00. The van der Waals surface area contributed by atoms with Gasteiger partial charge in [-0.25, -0.2) is 9.61 Å². The summed E-state index contributed by atoms with van der Waals surface area (Å²) >= 11 is 0. The molecule has 0 N–H and O–H groups in total. The van der Waals surface area contributed by atoms with Crippen molar-refractivity contribution in [2.24, 2.45) is 0 Å². The number of rotatable bonds is 0. The van der Waals surface area contributed by atoms with E-state index in [0.29, 0.717) is 0 Å². The highest BCUT2D eigenvalue weighted by Gasteiger charge is 2.19. The smallest absolute Gasteiger partial charge is 0.229 e. The van der Waals surface area contributed by atoms with Gasteiger partial charge in [0.1, 0.15) is 0 Å². The van der Waals surface area contributed by atoms with Gasteiger partial charge < -0.3 is 0 Å². The molecule has 40 valence electrons. The Hall–Kier alpha value is -0.135. The molecule has 0 amide bonds. The molecule has 0 aromatic heterocycles. The second kappa shape index (κ2) is 2.24. The lowest BCUT2D eigenvalue weighted by Crippen LogP contribution is -2.24.